The Labute approximate surface area is 282 Å². The fourth-order valence-corrected chi connectivity index (χ4v) is 5.98. The average molecular weight is 661 g/mol. The zero-order valence-electron chi connectivity index (χ0n) is 28.8. The Kier molecular flexibility index (Phi) is 12.0. The Hall–Kier alpha value is -4.67. The molecule has 3 atom stereocenters. The van der Waals surface area contributed by atoms with Crippen LogP contribution in [0.2, 0.25) is 0 Å². The van der Waals surface area contributed by atoms with E-state index in [4.69, 9.17) is 9.47 Å². The first-order chi connectivity index (χ1) is 22.7. The summed E-state index contributed by atoms with van der Waals surface area (Å²) in [4.78, 5) is 60.8. The number of benzene rings is 2. The van der Waals surface area contributed by atoms with Gasteiger partial charge in [0.15, 0.2) is 5.75 Å². The van der Waals surface area contributed by atoms with Gasteiger partial charge in [0.1, 0.15) is 29.9 Å². The van der Waals surface area contributed by atoms with Crippen molar-refractivity contribution < 1.29 is 33.8 Å². The van der Waals surface area contributed by atoms with Crippen LogP contribution in [0.15, 0.2) is 60.8 Å². The number of hydrogen-bond donors (Lipinski definition) is 2. The topological polar surface area (TPSA) is 138 Å². The summed E-state index contributed by atoms with van der Waals surface area (Å²) in [7, 11) is 1.57. The zero-order valence-corrected chi connectivity index (χ0v) is 28.8. The van der Waals surface area contributed by atoms with Gasteiger partial charge in [0.05, 0.1) is 17.8 Å². The third-order valence-corrected chi connectivity index (χ3v) is 8.28. The predicted molar refractivity (Wildman–Crippen MR) is 183 cm³/mol. The van der Waals surface area contributed by atoms with Crippen LogP contribution in [0.3, 0.4) is 0 Å². The molecule has 3 amide bonds. The maximum Gasteiger partial charge on any atom is 0.410 e. The molecule has 0 radical (unpaired) electrons. The molecule has 0 saturated carbocycles. The summed E-state index contributed by atoms with van der Waals surface area (Å²) in [5, 5.41) is 13.6. The summed E-state index contributed by atoms with van der Waals surface area (Å²) < 4.78 is 11.7. The molecule has 0 bridgehead atoms. The molecule has 48 heavy (non-hydrogen) atoms. The van der Waals surface area contributed by atoms with E-state index in [-0.39, 0.29) is 35.7 Å². The van der Waals surface area contributed by atoms with Crippen molar-refractivity contribution in [3.8, 4) is 5.75 Å². The van der Waals surface area contributed by atoms with E-state index in [2.05, 4.69) is 10.3 Å². The molecule has 1 aliphatic heterocycles. The van der Waals surface area contributed by atoms with Crippen LogP contribution in [0, 0.1) is 5.92 Å². The smallest absolute Gasteiger partial charge is 0.410 e. The lowest BCUT2D eigenvalue weighted by Crippen LogP contribution is -2.59. The molecular weight excluding hydrogens is 612 g/mol. The lowest BCUT2D eigenvalue weighted by atomic mass is 9.96. The third-order valence-electron chi connectivity index (χ3n) is 8.28. The number of para-hydroxylation sites is 1. The molecule has 3 aromatic rings. The fourth-order valence-electron chi connectivity index (χ4n) is 5.98. The number of carboxylic acid groups (broad SMARTS) is 1. The van der Waals surface area contributed by atoms with Gasteiger partial charge in [-0.05, 0) is 70.4 Å². The highest BCUT2D eigenvalue weighted by Crippen LogP contribution is 2.27. The quantitative estimate of drug-likeness (QED) is 0.252. The van der Waals surface area contributed by atoms with Crippen LogP contribution in [0.25, 0.3) is 10.9 Å². The third kappa shape index (κ3) is 9.45. The molecule has 11 nitrogen and oxygen atoms in total. The van der Waals surface area contributed by atoms with Crippen LogP contribution in [-0.2, 0) is 20.7 Å². The molecule has 0 spiro atoms. The van der Waals surface area contributed by atoms with Gasteiger partial charge in [0.2, 0.25) is 11.8 Å². The Balaban J connectivity index is 1.57. The molecule has 1 fully saturated rings. The average Bonchev–Trinajstić information content (AvgIpc) is 3.04. The Morgan fingerprint density at radius 1 is 1.04 bits per heavy atom. The number of aromatic carboxylic acids is 1. The zero-order chi connectivity index (χ0) is 35.0. The number of fused-ring (bicyclic) bond motifs is 1. The summed E-state index contributed by atoms with van der Waals surface area (Å²) in [5.74, 6) is -1.55. The summed E-state index contributed by atoms with van der Waals surface area (Å²) in [5.41, 5.74) is 0.759. The minimum absolute atomic E-state index is 0.000239. The van der Waals surface area contributed by atoms with Crippen LogP contribution in [-0.4, -0.2) is 87.7 Å². The maximum absolute atomic E-state index is 14.2. The van der Waals surface area contributed by atoms with E-state index < -0.39 is 35.8 Å². The van der Waals surface area contributed by atoms with Gasteiger partial charge in [-0.3, -0.25) is 19.5 Å². The van der Waals surface area contributed by atoms with Crippen molar-refractivity contribution in [3.05, 3.63) is 71.9 Å². The number of nitrogens with one attached hydrogen (secondary N) is 1. The number of carboxylic acids is 1. The number of nitrogens with zero attached hydrogens (tertiary/aromatic N) is 3. The molecule has 0 unspecified atom stereocenters. The molecule has 2 aromatic carbocycles. The molecule has 1 aliphatic rings. The van der Waals surface area contributed by atoms with Crippen molar-refractivity contribution in [2.24, 2.45) is 5.92 Å². The first kappa shape index (κ1) is 36.2. The Morgan fingerprint density at radius 2 is 1.73 bits per heavy atom. The lowest BCUT2D eigenvalue weighted by Gasteiger charge is -2.40. The van der Waals surface area contributed by atoms with Gasteiger partial charge in [-0.2, -0.15) is 0 Å². The Morgan fingerprint density at radius 3 is 2.40 bits per heavy atom. The maximum atomic E-state index is 14.2. The highest BCUT2D eigenvalue weighted by atomic mass is 16.6. The number of piperidine rings is 1. The van der Waals surface area contributed by atoms with E-state index in [0.717, 1.165) is 18.4 Å². The van der Waals surface area contributed by atoms with Crippen molar-refractivity contribution in [2.45, 2.75) is 90.4 Å². The molecule has 258 valence electrons. The van der Waals surface area contributed by atoms with Crippen LogP contribution < -0.4 is 10.1 Å². The fraction of sp³-hybridized carbons (Fsp3) is 0.486. The van der Waals surface area contributed by atoms with Crippen molar-refractivity contribution in [3.63, 3.8) is 0 Å². The Bertz CT molecular complexity index is 1590. The number of aromatic nitrogens is 1. The monoisotopic (exact) mass is 660 g/mol. The van der Waals surface area contributed by atoms with E-state index >= 15 is 0 Å². The first-order valence-corrected chi connectivity index (χ1v) is 16.6. The summed E-state index contributed by atoms with van der Waals surface area (Å²) in [6, 6.07) is 14.4. The molecule has 2 N–H and O–H groups in total. The molecule has 4 rings (SSSR count). The molecule has 2 heterocycles. The number of ether oxygens (including phenoxy) is 2. The lowest BCUT2D eigenvalue weighted by molar-refractivity contribution is -0.146. The second kappa shape index (κ2) is 16.0. The summed E-state index contributed by atoms with van der Waals surface area (Å²) in [6.07, 6.45) is 3.60. The van der Waals surface area contributed by atoms with Crippen LogP contribution in [0.5, 0.6) is 5.75 Å². The number of likely N-dealkylation sites (tertiary alicyclic amines) is 1. The number of hydrogen-bond acceptors (Lipinski definition) is 7. The predicted octanol–water partition coefficient (Wildman–Crippen LogP) is 5.70. The number of likely N-dealkylation sites (N-methyl/N-ethyl adjacent to an activating group) is 1. The van der Waals surface area contributed by atoms with Gasteiger partial charge in [-0.1, -0.05) is 62.4 Å². The van der Waals surface area contributed by atoms with Gasteiger partial charge >= 0.3 is 12.1 Å². The number of carbonyl (C=O) groups is 4. The van der Waals surface area contributed by atoms with Gasteiger partial charge in [-0.25, -0.2) is 9.59 Å². The molecule has 11 heteroatoms. The van der Waals surface area contributed by atoms with E-state index in [9.17, 15) is 24.3 Å². The number of amides is 3. The van der Waals surface area contributed by atoms with E-state index in [1.807, 2.05) is 44.2 Å². The van der Waals surface area contributed by atoms with Gasteiger partial charge in [0, 0.05) is 19.0 Å². The summed E-state index contributed by atoms with van der Waals surface area (Å²) in [6.45, 7) is 9.65. The van der Waals surface area contributed by atoms with Crippen molar-refractivity contribution >= 4 is 34.8 Å². The van der Waals surface area contributed by atoms with Crippen LogP contribution in [0.1, 0.15) is 76.2 Å². The second-order valence-corrected chi connectivity index (χ2v) is 13.8. The standard InChI is InChI=1S/C37H48N4O7/c1-24(2)20-30(40(6)36(46)48-37(3,4)5)34(43)41-19-13-12-18-29(41)33(42)39-26(21-25-14-8-7-9-15-25)23-47-31-22-38-28-17-11-10-16-27(28)32(31)35(44)45/h7-11,14-17,22,24,26,29-30H,12-13,18-21,23H2,1-6H3,(H,39,42)(H,44,45)/t26-,29-,30+/m1/s1. The largest absolute Gasteiger partial charge is 0.489 e. The van der Waals surface area contributed by atoms with Gasteiger partial charge < -0.3 is 24.8 Å². The molecule has 0 aliphatic carbocycles. The molecular formula is C37H48N4O7. The number of rotatable bonds is 12. The van der Waals surface area contributed by atoms with Crippen LogP contribution in [0.4, 0.5) is 4.79 Å². The summed E-state index contributed by atoms with van der Waals surface area (Å²) >= 11 is 0. The van der Waals surface area contributed by atoms with Crippen LogP contribution >= 0.6 is 0 Å². The first-order valence-electron chi connectivity index (χ1n) is 16.6. The van der Waals surface area contributed by atoms with Crippen molar-refractivity contribution in [1.82, 2.24) is 20.1 Å². The molecule has 1 saturated heterocycles. The normalized spacial score (nSPS) is 16.2. The van der Waals surface area contributed by atoms with Gasteiger partial charge in [0.25, 0.3) is 0 Å². The SMILES string of the molecule is CC(C)C[C@@H](C(=O)N1CCCC[C@@H]1C(=O)N[C@@H](COc1cnc2ccccc2c1C(=O)O)Cc1ccccc1)N(C)C(=O)OC(C)(C)C. The molecule has 1 aromatic heterocycles. The second-order valence-electron chi connectivity index (χ2n) is 13.8. The van der Waals surface area contributed by atoms with E-state index in [1.165, 1.54) is 11.1 Å². The van der Waals surface area contributed by atoms with E-state index in [1.54, 1.807) is 57.0 Å². The number of carbonyl (C=O) groups excluding carboxylic acids is 3. The van der Waals surface area contributed by atoms with Gasteiger partial charge in [-0.15, -0.1) is 0 Å². The minimum Gasteiger partial charge on any atom is -0.489 e. The van der Waals surface area contributed by atoms with E-state index in [0.29, 0.717) is 36.7 Å². The highest BCUT2D eigenvalue weighted by Gasteiger charge is 2.39. The minimum atomic E-state index is -1.14. The van der Waals surface area contributed by atoms with Crippen molar-refractivity contribution in [2.75, 3.05) is 20.2 Å². The number of pyridine rings is 1. The highest BCUT2D eigenvalue weighted by molar-refractivity contribution is 6.04. The van der Waals surface area contributed by atoms with Crippen molar-refractivity contribution in [1.29, 1.82) is 0 Å².